The smallest absolute Gasteiger partial charge is 0.248 e. The van der Waals surface area contributed by atoms with Crippen LogP contribution in [0.5, 0.6) is 0 Å². The van der Waals surface area contributed by atoms with Gasteiger partial charge in [-0.3, -0.25) is 0 Å². The molecule has 0 atom stereocenters. The lowest BCUT2D eigenvalue weighted by molar-refractivity contribution is 0.630. The van der Waals surface area contributed by atoms with Gasteiger partial charge in [0.05, 0.1) is 16.8 Å². The van der Waals surface area contributed by atoms with E-state index in [9.17, 15) is 4.39 Å². The number of aromatic nitrogens is 3. The topological polar surface area (TPSA) is 75.1 Å². The number of rotatable bonds is 6. The third-order valence-corrected chi connectivity index (χ3v) is 5.15. The summed E-state index contributed by atoms with van der Waals surface area (Å²) in [6, 6.07) is 17.0. The van der Waals surface area contributed by atoms with E-state index in [2.05, 4.69) is 30.8 Å². The fourth-order valence-electron chi connectivity index (χ4n) is 2.88. The van der Waals surface area contributed by atoms with Crippen LogP contribution in [0.1, 0.15) is 11.1 Å². The number of hydrogen-bond donors (Lipinski definition) is 2. The minimum absolute atomic E-state index is 0.0248. The van der Waals surface area contributed by atoms with Crippen molar-refractivity contribution in [2.24, 2.45) is 5.10 Å². The van der Waals surface area contributed by atoms with E-state index in [4.69, 9.17) is 34.8 Å². The van der Waals surface area contributed by atoms with Crippen molar-refractivity contribution in [2.75, 3.05) is 10.7 Å². The van der Waals surface area contributed by atoms with Gasteiger partial charge in [-0.2, -0.15) is 20.1 Å². The average Bonchev–Trinajstić information content (AvgIpc) is 2.74. The number of anilines is 3. The fraction of sp³-hybridized carbons (Fsp3) is 0.0435. The van der Waals surface area contributed by atoms with Crippen LogP contribution in [0.4, 0.5) is 22.0 Å². The molecule has 2 N–H and O–H groups in total. The molecule has 1 heterocycles. The quantitative estimate of drug-likeness (QED) is 0.217. The Labute approximate surface area is 204 Å². The van der Waals surface area contributed by atoms with Gasteiger partial charge < -0.3 is 5.32 Å². The van der Waals surface area contributed by atoms with E-state index in [1.54, 1.807) is 30.5 Å². The van der Waals surface area contributed by atoms with Crippen LogP contribution in [0.2, 0.25) is 15.1 Å². The van der Waals surface area contributed by atoms with E-state index in [1.165, 1.54) is 12.1 Å². The Hall–Kier alpha value is -3.26. The van der Waals surface area contributed by atoms with Crippen molar-refractivity contribution in [2.45, 2.75) is 6.92 Å². The summed E-state index contributed by atoms with van der Waals surface area (Å²) in [7, 11) is 0. The van der Waals surface area contributed by atoms with Crippen molar-refractivity contribution >= 4 is 58.6 Å². The van der Waals surface area contributed by atoms with E-state index in [0.29, 0.717) is 15.7 Å². The molecule has 166 valence electrons. The second-order valence-corrected chi connectivity index (χ2v) is 8.25. The molecule has 0 amide bonds. The highest BCUT2D eigenvalue weighted by Gasteiger charge is 2.16. The summed E-state index contributed by atoms with van der Waals surface area (Å²) in [5.74, 6) is -0.347. The molecular formula is C23H16Cl3FN6. The van der Waals surface area contributed by atoms with Crippen LogP contribution in [0.25, 0.3) is 11.4 Å². The maximum atomic E-state index is 14.5. The van der Waals surface area contributed by atoms with Gasteiger partial charge in [0, 0.05) is 15.7 Å². The summed E-state index contributed by atoms with van der Waals surface area (Å²) in [6.07, 6.45) is 1.61. The fourth-order valence-corrected chi connectivity index (χ4v) is 3.65. The molecule has 0 unspecified atom stereocenters. The Morgan fingerprint density at radius 1 is 0.879 bits per heavy atom. The number of benzene rings is 3. The number of halogens is 4. The maximum Gasteiger partial charge on any atom is 0.248 e. The third kappa shape index (κ3) is 5.96. The Kier molecular flexibility index (Phi) is 7.03. The first kappa shape index (κ1) is 22.9. The van der Waals surface area contributed by atoms with E-state index in [1.807, 2.05) is 31.2 Å². The van der Waals surface area contributed by atoms with Crippen LogP contribution in [0.3, 0.4) is 0 Å². The molecule has 33 heavy (non-hydrogen) atoms. The molecule has 0 saturated heterocycles. The number of aryl methyl sites for hydroxylation is 1. The molecule has 0 saturated carbocycles. The zero-order chi connectivity index (χ0) is 23.4. The second-order valence-electron chi connectivity index (χ2n) is 6.97. The highest BCUT2D eigenvalue weighted by atomic mass is 35.5. The van der Waals surface area contributed by atoms with Gasteiger partial charge in [0.15, 0.2) is 5.82 Å². The largest absolute Gasteiger partial charge is 0.324 e. The van der Waals surface area contributed by atoms with E-state index < -0.39 is 5.82 Å². The van der Waals surface area contributed by atoms with Crippen LogP contribution in [-0.2, 0) is 0 Å². The second kappa shape index (κ2) is 10.1. The van der Waals surface area contributed by atoms with Gasteiger partial charge in [0.25, 0.3) is 0 Å². The first-order chi connectivity index (χ1) is 15.9. The molecule has 1 aromatic heterocycles. The molecule has 0 aliphatic rings. The van der Waals surface area contributed by atoms with Gasteiger partial charge in [-0.05, 0) is 42.8 Å². The predicted octanol–water partition coefficient (Wildman–Crippen LogP) is 7.14. The predicted molar refractivity (Wildman–Crippen MR) is 132 cm³/mol. The van der Waals surface area contributed by atoms with Gasteiger partial charge in [0.1, 0.15) is 5.82 Å². The number of nitrogens with one attached hydrogen (secondary N) is 2. The lowest BCUT2D eigenvalue weighted by Gasteiger charge is -2.11. The Morgan fingerprint density at radius 3 is 2.27 bits per heavy atom. The lowest BCUT2D eigenvalue weighted by atomic mass is 10.2. The number of hydrogen-bond acceptors (Lipinski definition) is 6. The van der Waals surface area contributed by atoms with Crippen LogP contribution in [0, 0.1) is 12.7 Å². The summed E-state index contributed by atoms with van der Waals surface area (Å²) in [6.45, 7) is 2.00. The highest BCUT2D eigenvalue weighted by Crippen LogP contribution is 2.30. The van der Waals surface area contributed by atoms with Crippen molar-refractivity contribution in [3.05, 3.63) is 92.7 Å². The minimum atomic E-state index is -0.570. The third-order valence-electron chi connectivity index (χ3n) is 4.40. The van der Waals surface area contributed by atoms with Crippen molar-refractivity contribution < 1.29 is 4.39 Å². The first-order valence-electron chi connectivity index (χ1n) is 9.67. The van der Waals surface area contributed by atoms with Crippen LogP contribution in [0.15, 0.2) is 65.8 Å². The SMILES string of the molecule is Cc1ccc(/C=N/Nc2nc(Nc3cc(Cl)cc(Cl)c3)nc(-c3c(F)cccc3Cl)n2)cc1. The van der Waals surface area contributed by atoms with Gasteiger partial charge in [-0.1, -0.05) is 70.7 Å². The molecule has 6 nitrogen and oxygen atoms in total. The Balaban J connectivity index is 1.70. The molecule has 0 fully saturated rings. The van der Waals surface area contributed by atoms with Gasteiger partial charge in [-0.25, -0.2) is 9.82 Å². The minimum Gasteiger partial charge on any atom is -0.324 e. The van der Waals surface area contributed by atoms with Crippen molar-refractivity contribution in [1.82, 2.24) is 15.0 Å². The molecule has 0 aliphatic heterocycles. The van der Waals surface area contributed by atoms with E-state index in [-0.39, 0.29) is 28.3 Å². The zero-order valence-corrected chi connectivity index (χ0v) is 19.4. The van der Waals surface area contributed by atoms with Crippen molar-refractivity contribution in [3.8, 4) is 11.4 Å². The maximum absolute atomic E-state index is 14.5. The summed E-state index contributed by atoms with van der Waals surface area (Å²) >= 11 is 18.4. The average molecular weight is 502 g/mol. The monoisotopic (exact) mass is 500 g/mol. The molecule has 0 spiro atoms. The molecule has 10 heteroatoms. The van der Waals surface area contributed by atoms with Crippen molar-refractivity contribution in [1.29, 1.82) is 0 Å². The number of nitrogens with zero attached hydrogens (tertiary/aromatic N) is 4. The van der Waals surface area contributed by atoms with Gasteiger partial charge in [0.2, 0.25) is 11.9 Å². The molecule has 4 aromatic rings. The highest BCUT2D eigenvalue weighted by molar-refractivity contribution is 6.35. The summed E-state index contributed by atoms with van der Waals surface area (Å²) in [4.78, 5) is 12.9. The normalized spacial score (nSPS) is 11.1. The van der Waals surface area contributed by atoms with Crippen LogP contribution < -0.4 is 10.7 Å². The summed E-state index contributed by atoms with van der Waals surface area (Å²) in [5.41, 5.74) is 5.36. The van der Waals surface area contributed by atoms with Crippen LogP contribution >= 0.6 is 34.8 Å². The van der Waals surface area contributed by atoms with Crippen LogP contribution in [-0.4, -0.2) is 21.2 Å². The molecular weight excluding hydrogens is 486 g/mol. The molecule has 0 aliphatic carbocycles. The molecule has 0 radical (unpaired) electrons. The van der Waals surface area contributed by atoms with E-state index in [0.717, 1.165) is 11.1 Å². The Bertz CT molecular complexity index is 1290. The van der Waals surface area contributed by atoms with Gasteiger partial charge in [-0.15, -0.1) is 0 Å². The zero-order valence-electron chi connectivity index (χ0n) is 17.2. The molecule has 3 aromatic carbocycles. The lowest BCUT2D eigenvalue weighted by Crippen LogP contribution is -2.06. The molecule has 0 bridgehead atoms. The van der Waals surface area contributed by atoms with Crippen molar-refractivity contribution in [3.63, 3.8) is 0 Å². The Morgan fingerprint density at radius 2 is 1.58 bits per heavy atom. The molecule has 4 rings (SSSR count). The van der Waals surface area contributed by atoms with Gasteiger partial charge >= 0.3 is 0 Å². The number of hydrazone groups is 1. The standard InChI is InChI=1S/C23H16Cl3FN6/c1-13-5-7-14(8-6-13)12-28-33-23-31-21(20-18(26)3-2-4-19(20)27)30-22(32-23)29-17-10-15(24)9-16(25)11-17/h2-12H,1H3,(H2,29,30,31,32,33)/b28-12+. The summed E-state index contributed by atoms with van der Waals surface area (Å²) in [5, 5.41) is 8.19. The first-order valence-corrected chi connectivity index (χ1v) is 10.8. The summed E-state index contributed by atoms with van der Waals surface area (Å²) < 4.78 is 14.5. The van der Waals surface area contributed by atoms with E-state index >= 15 is 0 Å².